The van der Waals surface area contributed by atoms with Crippen LogP contribution in [0, 0.1) is 19.8 Å². The molecule has 6 nitrogen and oxygen atoms in total. The van der Waals surface area contributed by atoms with Crippen LogP contribution in [0.1, 0.15) is 24.1 Å². The van der Waals surface area contributed by atoms with Crippen LogP contribution in [0.15, 0.2) is 6.07 Å². The van der Waals surface area contributed by atoms with Gasteiger partial charge in [0.05, 0.1) is 11.9 Å². The zero-order valence-electron chi connectivity index (χ0n) is 13.2. The zero-order valence-corrected chi connectivity index (χ0v) is 14.0. The third-order valence-corrected chi connectivity index (χ3v) is 5.52. The van der Waals surface area contributed by atoms with Crippen LogP contribution in [-0.2, 0) is 10.0 Å². The second-order valence-electron chi connectivity index (χ2n) is 5.94. The largest absolute Gasteiger partial charge is 0.355 e. The fourth-order valence-corrected chi connectivity index (χ4v) is 3.01. The van der Waals surface area contributed by atoms with Crippen LogP contribution in [0.2, 0.25) is 0 Å². The molecule has 2 heterocycles. The van der Waals surface area contributed by atoms with E-state index >= 15 is 0 Å². The van der Waals surface area contributed by atoms with Gasteiger partial charge in [0.25, 0.3) is 0 Å². The summed E-state index contributed by atoms with van der Waals surface area (Å²) in [6.45, 7) is 6.41. The van der Waals surface area contributed by atoms with E-state index in [0.717, 1.165) is 43.0 Å². The highest BCUT2D eigenvalue weighted by molar-refractivity contribution is 7.88. The lowest BCUT2D eigenvalue weighted by molar-refractivity contribution is 0.328. The number of piperidine rings is 1. The maximum Gasteiger partial charge on any atom is 0.210 e. The molecule has 0 radical (unpaired) electrons. The highest BCUT2D eigenvalue weighted by atomic mass is 32.2. The van der Waals surface area contributed by atoms with E-state index in [4.69, 9.17) is 0 Å². The Bertz CT molecular complexity index is 595. The van der Waals surface area contributed by atoms with E-state index in [9.17, 15) is 8.42 Å². The first-order valence-corrected chi connectivity index (χ1v) is 9.09. The summed E-state index contributed by atoms with van der Waals surface area (Å²) in [4.78, 5) is 2.23. The second kappa shape index (κ2) is 6.27. The fourth-order valence-electron chi connectivity index (χ4n) is 2.53. The average molecular weight is 312 g/mol. The van der Waals surface area contributed by atoms with Gasteiger partial charge in [-0.2, -0.15) is 5.10 Å². The molecule has 0 saturated carbocycles. The van der Waals surface area contributed by atoms with Crippen LogP contribution in [0.4, 0.5) is 5.82 Å². The number of aromatic nitrogens is 2. The van der Waals surface area contributed by atoms with Crippen LogP contribution in [0.5, 0.6) is 0 Å². The molecular formula is C14H24N4O2S. The quantitative estimate of drug-likeness (QED) is 0.836. The number of rotatable bonds is 4. The Balaban J connectivity index is 1.92. The molecule has 1 aliphatic rings. The van der Waals surface area contributed by atoms with E-state index in [-0.39, 0.29) is 0 Å². The molecule has 1 fully saturated rings. The standard InChI is InChI=1S/C14H24N4O2S/c1-11-9-14(16-15-12(11)2)18-7-5-13(6-8-18)10-17(3)21(4,19)20/h9,13H,5-8,10H2,1-4H3. The van der Waals surface area contributed by atoms with Crippen molar-refractivity contribution in [2.75, 3.05) is 37.8 Å². The second-order valence-corrected chi connectivity index (χ2v) is 8.03. The molecule has 1 saturated heterocycles. The zero-order chi connectivity index (χ0) is 15.6. The Morgan fingerprint density at radius 2 is 1.90 bits per heavy atom. The minimum Gasteiger partial charge on any atom is -0.355 e. The summed E-state index contributed by atoms with van der Waals surface area (Å²) in [6, 6.07) is 2.07. The maximum absolute atomic E-state index is 11.5. The molecule has 7 heteroatoms. The normalized spacial score (nSPS) is 17.5. The van der Waals surface area contributed by atoms with E-state index < -0.39 is 10.0 Å². The van der Waals surface area contributed by atoms with Gasteiger partial charge < -0.3 is 4.90 Å². The maximum atomic E-state index is 11.5. The van der Waals surface area contributed by atoms with E-state index in [1.165, 1.54) is 10.6 Å². The molecule has 0 amide bonds. The van der Waals surface area contributed by atoms with Crippen molar-refractivity contribution in [1.82, 2.24) is 14.5 Å². The number of aryl methyl sites for hydroxylation is 2. The summed E-state index contributed by atoms with van der Waals surface area (Å²) in [7, 11) is -1.43. The predicted octanol–water partition coefficient (Wildman–Crippen LogP) is 1.20. The number of hydrogen-bond donors (Lipinski definition) is 0. The number of anilines is 1. The molecule has 1 aromatic rings. The summed E-state index contributed by atoms with van der Waals surface area (Å²) in [5.74, 6) is 1.34. The Labute approximate surface area is 127 Å². The highest BCUT2D eigenvalue weighted by Crippen LogP contribution is 2.23. The Kier molecular flexibility index (Phi) is 4.83. The lowest BCUT2D eigenvalue weighted by Crippen LogP contribution is -2.39. The first-order chi connectivity index (χ1) is 9.77. The van der Waals surface area contributed by atoms with Gasteiger partial charge in [-0.15, -0.1) is 5.10 Å². The third-order valence-electron chi connectivity index (χ3n) is 4.24. The summed E-state index contributed by atoms with van der Waals surface area (Å²) in [5.41, 5.74) is 2.11. The van der Waals surface area contributed by atoms with E-state index in [1.807, 2.05) is 13.8 Å². The topological polar surface area (TPSA) is 66.4 Å². The predicted molar refractivity (Wildman–Crippen MR) is 83.9 cm³/mol. The average Bonchev–Trinajstić information content (AvgIpc) is 2.42. The third kappa shape index (κ3) is 4.14. The summed E-state index contributed by atoms with van der Waals surface area (Å²) < 4.78 is 24.4. The van der Waals surface area contributed by atoms with Crippen molar-refractivity contribution in [2.45, 2.75) is 26.7 Å². The molecule has 0 unspecified atom stereocenters. The van der Waals surface area contributed by atoms with Crippen molar-refractivity contribution < 1.29 is 8.42 Å². The van der Waals surface area contributed by atoms with Crippen LogP contribution < -0.4 is 4.90 Å². The van der Waals surface area contributed by atoms with Crippen molar-refractivity contribution >= 4 is 15.8 Å². The Morgan fingerprint density at radius 1 is 1.29 bits per heavy atom. The van der Waals surface area contributed by atoms with Gasteiger partial charge in [0.1, 0.15) is 0 Å². The van der Waals surface area contributed by atoms with E-state index in [0.29, 0.717) is 12.5 Å². The van der Waals surface area contributed by atoms with Gasteiger partial charge in [-0.25, -0.2) is 12.7 Å². The van der Waals surface area contributed by atoms with Gasteiger partial charge in [-0.1, -0.05) is 0 Å². The van der Waals surface area contributed by atoms with Crippen molar-refractivity contribution in [2.24, 2.45) is 5.92 Å². The van der Waals surface area contributed by atoms with Gasteiger partial charge in [0, 0.05) is 26.7 Å². The monoisotopic (exact) mass is 312 g/mol. The molecule has 1 aromatic heterocycles. The van der Waals surface area contributed by atoms with Gasteiger partial charge in [0.15, 0.2) is 5.82 Å². The van der Waals surface area contributed by atoms with Crippen LogP contribution in [0.25, 0.3) is 0 Å². The number of hydrogen-bond acceptors (Lipinski definition) is 5. The van der Waals surface area contributed by atoms with Gasteiger partial charge in [-0.3, -0.25) is 0 Å². The van der Waals surface area contributed by atoms with Crippen molar-refractivity contribution in [3.8, 4) is 0 Å². The number of sulfonamides is 1. The van der Waals surface area contributed by atoms with Gasteiger partial charge >= 0.3 is 0 Å². The van der Waals surface area contributed by atoms with Crippen LogP contribution in [-0.4, -0.2) is 55.9 Å². The van der Waals surface area contributed by atoms with E-state index in [1.54, 1.807) is 7.05 Å². The van der Waals surface area contributed by atoms with Crippen molar-refractivity contribution in [3.05, 3.63) is 17.3 Å². The molecule has 2 rings (SSSR count). The summed E-state index contributed by atoms with van der Waals surface area (Å²) in [5, 5.41) is 8.43. The minimum absolute atomic E-state index is 0.417. The first-order valence-electron chi connectivity index (χ1n) is 7.24. The number of nitrogens with zero attached hydrogens (tertiary/aromatic N) is 4. The Hall–Kier alpha value is -1.21. The molecule has 0 aromatic carbocycles. The molecular weight excluding hydrogens is 288 g/mol. The lowest BCUT2D eigenvalue weighted by Gasteiger charge is -2.34. The lowest BCUT2D eigenvalue weighted by atomic mass is 9.97. The molecule has 0 aliphatic carbocycles. The minimum atomic E-state index is -3.08. The molecule has 0 spiro atoms. The van der Waals surface area contributed by atoms with Crippen LogP contribution in [0.3, 0.4) is 0 Å². The smallest absolute Gasteiger partial charge is 0.210 e. The van der Waals surface area contributed by atoms with Gasteiger partial charge in [0.2, 0.25) is 10.0 Å². The summed E-state index contributed by atoms with van der Waals surface area (Å²) >= 11 is 0. The van der Waals surface area contributed by atoms with E-state index in [2.05, 4.69) is 21.2 Å². The Morgan fingerprint density at radius 3 is 2.43 bits per heavy atom. The molecule has 0 bridgehead atoms. The molecule has 1 aliphatic heterocycles. The molecule has 21 heavy (non-hydrogen) atoms. The highest BCUT2D eigenvalue weighted by Gasteiger charge is 2.24. The first kappa shape index (κ1) is 16.2. The SMILES string of the molecule is Cc1cc(N2CCC(CN(C)S(C)(=O)=O)CC2)nnc1C. The molecule has 118 valence electrons. The fraction of sp³-hybridized carbons (Fsp3) is 0.714. The van der Waals surface area contributed by atoms with Crippen molar-refractivity contribution in [1.29, 1.82) is 0 Å². The van der Waals surface area contributed by atoms with Crippen molar-refractivity contribution in [3.63, 3.8) is 0 Å². The molecule has 0 atom stereocenters. The molecule has 0 N–H and O–H groups in total. The van der Waals surface area contributed by atoms with Crippen LogP contribution >= 0.6 is 0 Å². The summed E-state index contributed by atoms with van der Waals surface area (Å²) in [6.07, 6.45) is 3.22. The van der Waals surface area contributed by atoms with Gasteiger partial charge in [-0.05, 0) is 44.2 Å².